The van der Waals surface area contributed by atoms with Crippen LogP contribution in [-0.2, 0) is 24.1 Å². The minimum atomic E-state index is -0.405. The van der Waals surface area contributed by atoms with E-state index in [2.05, 4.69) is 23.5 Å². The standard InChI is InChI=1S/C22H26N2O3/c23-22(25)19-4-6-21-18(12-19)3-2-17-11-16(1-5-20(17)27-21)14-24-13-15-7-9-26-10-8-15/h1,4-6,11-12,15,24H,2-3,7-10,13-14H2,(H2,23,25). The first-order valence-corrected chi connectivity index (χ1v) is 9.70. The van der Waals surface area contributed by atoms with Crippen LogP contribution in [-0.4, -0.2) is 25.7 Å². The van der Waals surface area contributed by atoms with Gasteiger partial charge in [-0.15, -0.1) is 0 Å². The molecule has 0 saturated carbocycles. The lowest BCUT2D eigenvalue weighted by molar-refractivity contribution is 0.0662. The molecular weight excluding hydrogens is 340 g/mol. The maximum absolute atomic E-state index is 11.4. The van der Waals surface area contributed by atoms with E-state index in [1.165, 1.54) is 11.1 Å². The third-order valence-corrected chi connectivity index (χ3v) is 5.46. The van der Waals surface area contributed by atoms with Crippen molar-refractivity contribution in [3.63, 3.8) is 0 Å². The first-order chi connectivity index (χ1) is 13.2. The molecule has 27 heavy (non-hydrogen) atoms. The van der Waals surface area contributed by atoms with E-state index in [-0.39, 0.29) is 0 Å². The van der Waals surface area contributed by atoms with Crippen LogP contribution in [0.4, 0.5) is 0 Å². The zero-order chi connectivity index (χ0) is 18.6. The molecule has 0 atom stereocenters. The van der Waals surface area contributed by atoms with Crippen molar-refractivity contribution in [2.24, 2.45) is 11.7 Å². The second-order valence-electron chi connectivity index (χ2n) is 7.42. The molecule has 5 nitrogen and oxygen atoms in total. The highest BCUT2D eigenvalue weighted by atomic mass is 16.5. The smallest absolute Gasteiger partial charge is 0.248 e. The fourth-order valence-corrected chi connectivity index (χ4v) is 3.82. The highest BCUT2D eigenvalue weighted by Crippen LogP contribution is 2.34. The Kier molecular flexibility index (Phi) is 5.41. The zero-order valence-corrected chi connectivity index (χ0v) is 15.5. The van der Waals surface area contributed by atoms with Gasteiger partial charge in [0.1, 0.15) is 11.5 Å². The van der Waals surface area contributed by atoms with E-state index in [0.717, 1.165) is 75.0 Å². The number of aryl methyl sites for hydroxylation is 2. The van der Waals surface area contributed by atoms with Crippen molar-refractivity contribution in [2.75, 3.05) is 19.8 Å². The average Bonchev–Trinajstić information content (AvgIpc) is 2.87. The van der Waals surface area contributed by atoms with Crippen LogP contribution in [0.1, 0.15) is 39.9 Å². The van der Waals surface area contributed by atoms with E-state index < -0.39 is 5.91 Å². The van der Waals surface area contributed by atoms with Gasteiger partial charge >= 0.3 is 0 Å². The summed E-state index contributed by atoms with van der Waals surface area (Å²) >= 11 is 0. The molecule has 142 valence electrons. The van der Waals surface area contributed by atoms with Gasteiger partial charge in [-0.25, -0.2) is 0 Å². The van der Waals surface area contributed by atoms with Crippen molar-refractivity contribution in [1.82, 2.24) is 5.32 Å². The molecule has 1 saturated heterocycles. The van der Waals surface area contributed by atoms with Crippen LogP contribution < -0.4 is 15.8 Å². The van der Waals surface area contributed by atoms with Gasteiger partial charge in [-0.1, -0.05) is 12.1 Å². The van der Waals surface area contributed by atoms with Gasteiger partial charge in [0.2, 0.25) is 5.91 Å². The second kappa shape index (κ2) is 8.11. The van der Waals surface area contributed by atoms with Crippen molar-refractivity contribution in [1.29, 1.82) is 0 Å². The summed E-state index contributed by atoms with van der Waals surface area (Å²) in [6.07, 6.45) is 4.02. The Morgan fingerprint density at radius 2 is 1.74 bits per heavy atom. The molecule has 0 unspecified atom stereocenters. The van der Waals surface area contributed by atoms with Gasteiger partial charge < -0.3 is 20.5 Å². The average molecular weight is 366 g/mol. The highest BCUT2D eigenvalue weighted by molar-refractivity contribution is 5.93. The van der Waals surface area contributed by atoms with Crippen LogP contribution in [0.15, 0.2) is 36.4 Å². The summed E-state index contributed by atoms with van der Waals surface area (Å²) in [6, 6.07) is 11.8. The summed E-state index contributed by atoms with van der Waals surface area (Å²) in [6.45, 7) is 3.68. The molecule has 2 aromatic rings. The first-order valence-electron chi connectivity index (χ1n) is 9.70. The topological polar surface area (TPSA) is 73.6 Å². The normalized spacial score (nSPS) is 16.7. The first kappa shape index (κ1) is 18.0. The Morgan fingerprint density at radius 1 is 1.04 bits per heavy atom. The molecule has 2 heterocycles. The number of carbonyl (C=O) groups excluding carboxylic acids is 1. The summed E-state index contributed by atoms with van der Waals surface area (Å²) in [4.78, 5) is 11.4. The number of carbonyl (C=O) groups is 1. The van der Waals surface area contributed by atoms with Gasteiger partial charge in [0.25, 0.3) is 0 Å². The van der Waals surface area contributed by atoms with Gasteiger partial charge in [-0.2, -0.15) is 0 Å². The molecule has 3 N–H and O–H groups in total. The maximum atomic E-state index is 11.4. The molecule has 2 aliphatic rings. The Morgan fingerprint density at radius 3 is 2.48 bits per heavy atom. The third kappa shape index (κ3) is 4.31. The van der Waals surface area contributed by atoms with Crippen molar-refractivity contribution < 1.29 is 14.3 Å². The number of primary amides is 1. The fraction of sp³-hybridized carbons (Fsp3) is 0.409. The van der Waals surface area contributed by atoms with E-state index in [1.54, 1.807) is 6.07 Å². The van der Waals surface area contributed by atoms with E-state index >= 15 is 0 Å². The molecule has 0 bridgehead atoms. The number of amides is 1. The molecule has 1 amide bonds. The lowest BCUT2D eigenvalue weighted by Crippen LogP contribution is -2.27. The van der Waals surface area contributed by atoms with Crippen LogP contribution in [0, 0.1) is 5.92 Å². The number of nitrogens with one attached hydrogen (secondary N) is 1. The Labute approximate surface area is 159 Å². The number of fused-ring (bicyclic) bond motifs is 2. The third-order valence-electron chi connectivity index (χ3n) is 5.46. The van der Waals surface area contributed by atoms with Crippen LogP contribution in [0.25, 0.3) is 0 Å². The minimum Gasteiger partial charge on any atom is -0.457 e. The second-order valence-corrected chi connectivity index (χ2v) is 7.42. The SMILES string of the molecule is NC(=O)c1ccc2c(c1)CCc1cc(CNCC3CCOCC3)ccc1O2. The predicted molar refractivity (Wildman–Crippen MR) is 104 cm³/mol. The van der Waals surface area contributed by atoms with E-state index in [0.29, 0.717) is 5.56 Å². The Hall–Kier alpha value is -2.37. The van der Waals surface area contributed by atoms with Crippen LogP contribution in [0.5, 0.6) is 11.5 Å². The van der Waals surface area contributed by atoms with Crippen molar-refractivity contribution in [3.8, 4) is 11.5 Å². The quantitative estimate of drug-likeness (QED) is 0.852. The molecule has 0 aliphatic carbocycles. The van der Waals surface area contributed by atoms with Gasteiger partial charge in [0.15, 0.2) is 0 Å². The molecule has 5 heteroatoms. The molecule has 2 aromatic carbocycles. The van der Waals surface area contributed by atoms with Crippen LogP contribution in [0.3, 0.4) is 0 Å². The summed E-state index contributed by atoms with van der Waals surface area (Å²) in [5.41, 5.74) is 9.43. The van der Waals surface area contributed by atoms with E-state index in [4.69, 9.17) is 15.2 Å². The van der Waals surface area contributed by atoms with Crippen molar-refractivity contribution >= 4 is 5.91 Å². The molecular formula is C22H26N2O3. The van der Waals surface area contributed by atoms with Gasteiger partial charge in [-0.05, 0) is 79.1 Å². The number of hydrogen-bond donors (Lipinski definition) is 2. The molecule has 0 aromatic heterocycles. The monoisotopic (exact) mass is 366 g/mol. The summed E-state index contributed by atoms with van der Waals surface area (Å²) in [5.74, 6) is 2.02. The summed E-state index contributed by atoms with van der Waals surface area (Å²) in [5, 5.41) is 3.58. The molecule has 4 rings (SSSR count). The zero-order valence-electron chi connectivity index (χ0n) is 15.5. The van der Waals surface area contributed by atoms with Gasteiger partial charge in [0.05, 0.1) is 0 Å². The van der Waals surface area contributed by atoms with Crippen LogP contribution in [0.2, 0.25) is 0 Å². The number of benzene rings is 2. The Bertz CT molecular complexity index is 828. The number of hydrogen-bond acceptors (Lipinski definition) is 4. The maximum Gasteiger partial charge on any atom is 0.248 e. The molecule has 0 spiro atoms. The number of ether oxygens (including phenoxy) is 2. The highest BCUT2D eigenvalue weighted by Gasteiger charge is 2.17. The summed E-state index contributed by atoms with van der Waals surface area (Å²) in [7, 11) is 0. The van der Waals surface area contributed by atoms with Crippen molar-refractivity contribution in [3.05, 3.63) is 58.7 Å². The van der Waals surface area contributed by atoms with E-state index in [1.807, 2.05) is 12.1 Å². The van der Waals surface area contributed by atoms with Crippen LogP contribution >= 0.6 is 0 Å². The lowest BCUT2D eigenvalue weighted by Gasteiger charge is -2.22. The molecule has 2 aliphatic heterocycles. The fourth-order valence-electron chi connectivity index (χ4n) is 3.82. The summed E-state index contributed by atoms with van der Waals surface area (Å²) < 4.78 is 11.5. The predicted octanol–water partition coefficient (Wildman–Crippen LogP) is 3.19. The molecule has 1 fully saturated rings. The van der Waals surface area contributed by atoms with Gasteiger partial charge in [0, 0.05) is 25.3 Å². The Balaban J connectivity index is 1.41. The van der Waals surface area contributed by atoms with E-state index in [9.17, 15) is 4.79 Å². The van der Waals surface area contributed by atoms with Crippen molar-refractivity contribution in [2.45, 2.75) is 32.2 Å². The molecule has 0 radical (unpaired) electrons. The minimum absolute atomic E-state index is 0.405. The number of rotatable bonds is 5. The number of nitrogens with two attached hydrogens (primary N) is 1. The lowest BCUT2D eigenvalue weighted by atomic mass is 9.99. The largest absolute Gasteiger partial charge is 0.457 e. The van der Waals surface area contributed by atoms with Gasteiger partial charge in [-0.3, -0.25) is 4.79 Å².